The van der Waals surface area contributed by atoms with E-state index >= 15 is 0 Å². The lowest BCUT2D eigenvalue weighted by atomic mass is 10.1. The molecule has 1 amide bonds. The number of benzene rings is 1. The molecule has 1 saturated carbocycles. The van der Waals surface area contributed by atoms with Crippen molar-refractivity contribution in [3.63, 3.8) is 0 Å². The standard InChI is InChI=1S/C17H24ClNO4S/c1-19(12-5-13-23-2)16(20)17(10-3-4-11-17)24(21,22)15-8-6-14(18)7-9-15/h6-9H,3-5,10-13H2,1-2H3. The van der Waals surface area contributed by atoms with Crippen molar-refractivity contribution in [3.8, 4) is 0 Å². The fraction of sp³-hybridized carbons (Fsp3) is 0.588. The summed E-state index contributed by atoms with van der Waals surface area (Å²) in [6.07, 6.45) is 2.89. The molecule has 1 aliphatic carbocycles. The number of rotatable bonds is 7. The highest BCUT2D eigenvalue weighted by molar-refractivity contribution is 7.93. The van der Waals surface area contributed by atoms with Crippen LogP contribution in [-0.4, -0.2) is 51.3 Å². The van der Waals surface area contributed by atoms with Gasteiger partial charge in [-0.1, -0.05) is 24.4 Å². The van der Waals surface area contributed by atoms with E-state index in [4.69, 9.17) is 16.3 Å². The van der Waals surface area contributed by atoms with Crippen LogP contribution in [0.2, 0.25) is 5.02 Å². The van der Waals surface area contributed by atoms with Crippen molar-refractivity contribution in [2.75, 3.05) is 27.3 Å². The topological polar surface area (TPSA) is 63.7 Å². The summed E-state index contributed by atoms with van der Waals surface area (Å²) in [6.45, 7) is 1.01. The third kappa shape index (κ3) is 3.60. The molecule has 0 heterocycles. The van der Waals surface area contributed by atoms with Gasteiger partial charge >= 0.3 is 0 Å². The second-order valence-corrected chi connectivity index (χ2v) is 8.93. The first kappa shape index (κ1) is 19.2. The number of sulfone groups is 1. The maximum atomic E-state index is 13.2. The van der Waals surface area contributed by atoms with Crippen LogP contribution < -0.4 is 0 Å². The molecule has 1 aromatic rings. The first-order valence-electron chi connectivity index (χ1n) is 8.10. The first-order chi connectivity index (χ1) is 11.3. The van der Waals surface area contributed by atoms with Gasteiger partial charge in [-0.15, -0.1) is 0 Å². The van der Waals surface area contributed by atoms with Crippen molar-refractivity contribution in [2.45, 2.75) is 41.7 Å². The Labute approximate surface area is 148 Å². The Kier molecular flexibility index (Phi) is 6.28. The van der Waals surface area contributed by atoms with Crippen LogP contribution in [-0.2, 0) is 19.4 Å². The molecule has 0 aliphatic heterocycles. The lowest BCUT2D eigenvalue weighted by molar-refractivity contribution is -0.132. The van der Waals surface area contributed by atoms with Crippen molar-refractivity contribution in [1.82, 2.24) is 4.90 Å². The number of methoxy groups -OCH3 is 1. The number of ether oxygens (including phenoxy) is 1. The Bertz CT molecular complexity index is 666. The van der Waals surface area contributed by atoms with Crippen molar-refractivity contribution in [2.24, 2.45) is 0 Å². The molecule has 7 heteroatoms. The number of amides is 1. The third-order valence-corrected chi connectivity index (χ3v) is 7.38. The van der Waals surface area contributed by atoms with Gasteiger partial charge in [-0.05, 0) is 43.5 Å². The minimum absolute atomic E-state index is 0.160. The van der Waals surface area contributed by atoms with Crippen molar-refractivity contribution in [1.29, 1.82) is 0 Å². The van der Waals surface area contributed by atoms with E-state index in [1.165, 1.54) is 17.0 Å². The zero-order valence-corrected chi connectivity index (χ0v) is 15.7. The van der Waals surface area contributed by atoms with Gasteiger partial charge in [0.1, 0.15) is 0 Å². The van der Waals surface area contributed by atoms with E-state index in [9.17, 15) is 13.2 Å². The molecule has 5 nitrogen and oxygen atoms in total. The summed E-state index contributed by atoms with van der Waals surface area (Å²) in [5.74, 6) is -0.314. The predicted octanol–water partition coefficient (Wildman–Crippen LogP) is 2.92. The molecule has 0 aromatic heterocycles. The summed E-state index contributed by atoms with van der Waals surface area (Å²) in [4.78, 5) is 14.7. The summed E-state index contributed by atoms with van der Waals surface area (Å²) in [7, 11) is -0.508. The van der Waals surface area contributed by atoms with Gasteiger partial charge in [-0.25, -0.2) is 8.42 Å². The van der Waals surface area contributed by atoms with E-state index in [-0.39, 0.29) is 10.8 Å². The number of halogens is 1. The minimum Gasteiger partial charge on any atom is -0.385 e. The molecule has 0 atom stereocenters. The predicted molar refractivity (Wildman–Crippen MR) is 94.0 cm³/mol. The Morgan fingerprint density at radius 2 is 1.83 bits per heavy atom. The molecule has 24 heavy (non-hydrogen) atoms. The summed E-state index contributed by atoms with van der Waals surface area (Å²) >= 11 is 5.86. The maximum Gasteiger partial charge on any atom is 0.244 e. The molecule has 0 N–H and O–H groups in total. The Balaban J connectivity index is 2.33. The number of hydrogen-bond acceptors (Lipinski definition) is 4. The Morgan fingerprint density at radius 3 is 2.38 bits per heavy atom. The van der Waals surface area contributed by atoms with Crippen LogP contribution in [0.1, 0.15) is 32.1 Å². The first-order valence-corrected chi connectivity index (χ1v) is 9.96. The van der Waals surface area contributed by atoms with Crippen molar-refractivity contribution < 1.29 is 17.9 Å². The highest BCUT2D eigenvalue weighted by Gasteiger charge is 2.53. The number of hydrogen-bond donors (Lipinski definition) is 0. The molecular formula is C17H24ClNO4S. The summed E-state index contributed by atoms with van der Waals surface area (Å²) in [5.41, 5.74) is 0. The van der Waals surface area contributed by atoms with Crippen molar-refractivity contribution >= 4 is 27.3 Å². The minimum atomic E-state index is -3.77. The normalized spacial score (nSPS) is 17.0. The molecular weight excluding hydrogens is 350 g/mol. The van der Waals surface area contributed by atoms with E-state index in [0.29, 0.717) is 37.4 Å². The Morgan fingerprint density at radius 1 is 1.25 bits per heavy atom. The highest BCUT2D eigenvalue weighted by Crippen LogP contribution is 2.42. The number of carbonyl (C=O) groups excluding carboxylic acids is 1. The highest BCUT2D eigenvalue weighted by atomic mass is 35.5. The summed E-state index contributed by atoms with van der Waals surface area (Å²) in [6, 6.07) is 6.06. The number of carbonyl (C=O) groups is 1. The van der Waals surface area contributed by atoms with Crippen LogP contribution in [0.15, 0.2) is 29.2 Å². The lowest BCUT2D eigenvalue weighted by Gasteiger charge is -2.32. The largest absolute Gasteiger partial charge is 0.385 e. The molecule has 0 saturated heterocycles. The zero-order valence-electron chi connectivity index (χ0n) is 14.1. The lowest BCUT2D eigenvalue weighted by Crippen LogP contribution is -2.51. The SMILES string of the molecule is COCCCN(C)C(=O)C1(S(=O)(=O)c2ccc(Cl)cc2)CCCC1. The van der Waals surface area contributed by atoms with Crippen LogP contribution in [0.25, 0.3) is 0 Å². The molecule has 1 aromatic carbocycles. The fourth-order valence-electron chi connectivity index (χ4n) is 3.28. The van der Waals surface area contributed by atoms with Crippen LogP contribution in [0.3, 0.4) is 0 Å². The quantitative estimate of drug-likeness (QED) is 0.689. The maximum absolute atomic E-state index is 13.2. The van der Waals surface area contributed by atoms with Gasteiger partial charge in [-0.2, -0.15) is 0 Å². The van der Waals surface area contributed by atoms with Crippen LogP contribution in [0.5, 0.6) is 0 Å². The molecule has 0 spiro atoms. The van der Waals surface area contributed by atoms with Crippen molar-refractivity contribution in [3.05, 3.63) is 29.3 Å². The molecule has 1 aliphatic rings. The number of nitrogens with zero attached hydrogens (tertiary/aromatic N) is 1. The molecule has 0 unspecified atom stereocenters. The molecule has 0 bridgehead atoms. The van der Waals surface area contributed by atoms with E-state index in [0.717, 1.165) is 12.8 Å². The average molecular weight is 374 g/mol. The molecule has 134 valence electrons. The van der Waals surface area contributed by atoms with Crippen LogP contribution in [0.4, 0.5) is 0 Å². The van der Waals surface area contributed by atoms with Gasteiger partial charge in [0, 0.05) is 32.3 Å². The fourth-order valence-corrected chi connectivity index (χ4v) is 5.56. The van der Waals surface area contributed by atoms with Gasteiger partial charge in [0.2, 0.25) is 5.91 Å². The second kappa shape index (κ2) is 7.85. The second-order valence-electron chi connectivity index (χ2n) is 6.23. The summed E-state index contributed by atoms with van der Waals surface area (Å²) < 4.78 is 30.1. The van der Waals surface area contributed by atoms with E-state index < -0.39 is 14.6 Å². The smallest absolute Gasteiger partial charge is 0.244 e. The third-order valence-electron chi connectivity index (χ3n) is 4.63. The molecule has 0 radical (unpaired) electrons. The van der Waals surface area contributed by atoms with Gasteiger partial charge in [0.25, 0.3) is 0 Å². The average Bonchev–Trinajstić information content (AvgIpc) is 3.06. The van der Waals surface area contributed by atoms with Gasteiger partial charge in [-0.3, -0.25) is 4.79 Å². The zero-order chi connectivity index (χ0) is 17.8. The van der Waals surface area contributed by atoms with E-state index in [1.54, 1.807) is 26.3 Å². The van der Waals surface area contributed by atoms with E-state index in [2.05, 4.69) is 0 Å². The van der Waals surface area contributed by atoms with Gasteiger partial charge < -0.3 is 9.64 Å². The molecule has 1 fully saturated rings. The van der Waals surface area contributed by atoms with Crippen LogP contribution >= 0.6 is 11.6 Å². The monoisotopic (exact) mass is 373 g/mol. The van der Waals surface area contributed by atoms with Crippen LogP contribution in [0, 0.1) is 0 Å². The summed E-state index contributed by atoms with van der Waals surface area (Å²) in [5, 5.41) is 0.470. The van der Waals surface area contributed by atoms with Gasteiger partial charge in [0.05, 0.1) is 4.90 Å². The Hall–Kier alpha value is -1.11. The molecule has 2 rings (SSSR count). The van der Waals surface area contributed by atoms with Gasteiger partial charge in [0.15, 0.2) is 14.6 Å². The van der Waals surface area contributed by atoms with E-state index in [1.807, 2.05) is 0 Å².